The molecule has 2 rings (SSSR count). The van der Waals surface area contributed by atoms with Crippen molar-refractivity contribution in [3.8, 4) is 0 Å². The van der Waals surface area contributed by atoms with Crippen LogP contribution in [-0.2, 0) is 10.9 Å². The number of halogens is 3. The van der Waals surface area contributed by atoms with E-state index in [9.17, 15) is 13.2 Å². The molecule has 20 heavy (non-hydrogen) atoms. The van der Waals surface area contributed by atoms with Crippen molar-refractivity contribution in [3.63, 3.8) is 0 Å². The van der Waals surface area contributed by atoms with Crippen molar-refractivity contribution < 1.29 is 17.9 Å². The lowest BCUT2D eigenvalue weighted by molar-refractivity contribution is -0.138. The summed E-state index contributed by atoms with van der Waals surface area (Å²) in [4.78, 5) is 2.05. The first-order chi connectivity index (χ1) is 9.38. The molecule has 0 amide bonds. The SMILES string of the molecule is CC1CN(CC(N)c2ccccc2C(F)(F)F)CCO1. The molecule has 0 aromatic heterocycles. The van der Waals surface area contributed by atoms with Crippen LogP contribution in [0.2, 0.25) is 0 Å². The Balaban J connectivity index is 2.11. The molecule has 1 aliphatic rings. The predicted octanol–water partition coefficient (Wildman–Crippen LogP) is 2.43. The van der Waals surface area contributed by atoms with E-state index in [-0.39, 0.29) is 11.7 Å². The average Bonchev–Trinajstić information content (AvgIpc) is 2.37. The lowest BCUT2D eigenvalue weighted by atomic mass is 10.00. The number of hydrogen-bond acceptors (Lipinski definition) is 3. The van der Waals surface area contributed by atoms with Gasteiger partial charge in [-0.2, -0.15) is 13.2 Å². The van der Waals surface area contributed by atoms with Crippen LogP contribution in [0, 0.1) is 0 Å². The van der Waals surface area contributed by atoms with Gasteiger partial charge in [0.2, 0.25) is 0 Å². The first-order valence-electron chi connectivity index (χ1n) is 6.63. The molecule has 0 spiro atoms. The Kier molecular flexibility index (Phi) is 4.67. The molecule has 2 atom stereocenters. The third kappa shape index (κ3) is 3.71. The van der Waals surface area contributed by atoms with Gasteiger partial charge in [0.05, 0.1) is 18.3 Å². The first kappa shape index (κ1) is 15.3. The zero-order chi connectivity index (χ0) is 14.8. The lowest BCUT2D eigenvalue weighted by Gasteiger charge is -2.33. The molecule has 2 N–H and O–H groups in total. The maximum absolute atomic E-state index is 13.0. The summed E-state index contributed by atoms with van der Waals surface area (Å²) >= 11 is 0. The first-order valence-corrected chi connectivity index (χ1v) is 6.63. The van der Waals surface area contributed by atoms with Crippen LogP contribution in [0.15, 0.2) is 24.3 Å². The summed E-state index contributed by atoms with van der Waals surface area (Å²) in [6.07, 6.45) is -4.28. The maximum atomic E-state index is 13.0. The van der Waals surface area contributed by atoms with E-state index in [1.807, 2.05) is 11.8 Å². The van der Waals surface area contributed by atoms with Crippen LogP contribution in [0.5, 0.6) is 0 Å². The smallest absolute Gasteiger partial charge is 0.376 e. The molecule has 1 heterocycles. The molecule has 112 valence electrons. The van der Waals surface area contributed by atoms with E-state index in [0.29, 0.717) is 26.2 Å². The fourth-order valence-electron chi connectivity index (χ4n) is 2.51. The van der Waals surface area contributed by atoms with Gasteiger partial charge in [-0.15, -0.1) is 0 Å². The Bertz CT molecular complexity index is 450. The third-order valence-corrected chi connectivity index (χ3v) is 3.45. The van der Waals surface area contributed by atoms with Crippen molar-refractivity contribution in [2.75, 3.05) is 26.2 Å². The predicted molar refractivity (Wildman–Crippen MR) is 70.2 cm³/mol. The largest absolute Gasteiger partial charge is 0.416 e. The Morgan fingerprint density at radius 2 is 2.10 bits per heavy atom. The number of morpholine rings is 1. The van der Waals surface area contributed by atoms with E-state index in [4.69, 9.17) is 10.5 Å². The van der Waals surface area contributed by atoms with E-state index in [2.05, 4.69) is 0 Å². The van der Waals surface area contributed by atoms with Crippen LogP contribution in [-0.4, -0.2) is 37.2 Å². The second-order valence-electron chi connectivity index (χ2n) is 5.13. The van der Waals surface area contributed by atoms with Crippen molar-refractivity contribution in [1.29, 1.82) is 0 Å². The van der Waals surface area contributed by atoms with Crippen LogP contribution in [0.25, 0.3) is 0 Å². The molecule has 1 aromatic carbocycles. The monoisotopic (exact) mass is 288 g/mol. The number of nitrogens with two attached hydrogens (primary N) is 1. The minimum Gasteiger partial charge on any atom is -0.376 e. The molecule has 1 saturated heterocycles. The van der Waals surface area contributed by atoms with Crippen molar-refractivity contribution in [2.45, 2.75) is 25.2 Å². The summed E-state index contributed by atoms with van der Waals surface area (Å²) in [7, 11) is 0. The molecule has 1 aliphatic heterocycles. The van der Waals surface area contributed by atoms with Gasteiger partial charge < -0.3 is 10.5 Å². The topological polar surface area (TPSA) is 38.5 Å². The Labute approximate surface area is 116 Å². The number of ether oxygens (including phenoxy) is 1. The number of hydrogen-bond donors (Lipinski definition) is 1. The summed E-state index contributed by atoms with van der Waals surface area (Å²) in [5, 5.41) is 0. The van der Waals surface area contributed by atoms with Crippen molar-refractivity contribution >= 4 is 0 Å². The summed E-state index contributed by atoms with van der Waals surface area (Å²) in [6.45, 7) is 4.34. The summed E-state index contributed by atoms with van der Waals surface area (Å²) in [6, 6.07) is 4.86. The average molecular weight is 288 g/mol. The Morgan fingerprint density at radius 1 is 1.40 bits per heavy atom. The number of alkyl halides is 3. The number of nitrogens with zero attached hydrogens (tertiary/aromatic N) is 1. The fraction of sp³-hybridized carbons (Fsp3) is 0.571. The van der Waals surface area contributed by atoms with E-state index in [1.54, 1.807) is 6.07 Å². The van der Waals surface area contributed by atoms with Gasteiger partial charge in [-0.3, -0.25) is 4.90 Å². The van der Waals surface area contributed by atoms with E-state index >= 15 is 0 Å². The fourth-order valence-corrected chi connectivity index (χ4v) is 2.51. The highest BCUT2D eigenvalue weighted by molar-refractivity contribution is 5.32. The lowest BCUT2D eigenvalue weighted by Crippen LogP contribution is -2.44. The molecule has 6 heteroatoms. The van der Waals surface area contributed by atoms with Crippen molar-refractivity contribution in [3.05, 3.63) is 35.4 Å². The minimum atomic E-state index is -4.37. The summed E-state index contributed by atoms with van der Waals surface area (Å²) in [5.74, 6) is 0. The van der Waals surface area contributed by atoms with Gasteiger partial charge in [-0.25, -0.2) is 0 Å². The summed E-state index contributed by atoms with van der Waals surface area (Å²) < 4.78 is 44.3. The quantitative estimate of drug-likeness (QED) is 0.928. The van der Waals surface area contributed by atoms with Crippen LogP contribution in [0.1, 0.15) is 24.1 Å². The van der Waals surface area contributed by atoms with E-state index in [0.717, 1.165) is 6.07 Å². The van der Waals surface area contributed by atoms with Crippen molar-refractivity contribution in [2.24, 2.45) is 5.73 Å². The van der Waals surface area contributed by atoms with Gasteiger partial charge in [-0.05, 0) is 18.6 Å². The summed E-state index contributed by atoms with van der Waals surface area (Å²) in [5.41, 5.74) is 5.49. The molecule has 3 nitrogen and oxygen atoms in total. The van der Waals surface area contributed by atoms with Crippen LogP contribution in [0.4, 0.5) is 13.2 Å². The van der Waals surface area contributed by atoms with Gasteiger partial charge in [-0.1, -0.05) is 18.2 Å². The molecular weight excluding hydrogens is 269 g/mol. The molecule has 0 radical (unpaired) electrons. The molecule has 2 unspecified atom stereocenters. The third-order valence-electron chi connectivity index (χ3n) is 3.45. The highest BCUT2D eigenvalue weighted by Gasteiger charge is 2.34. The van der Waals surface area contributed by atoms with Gasteiger partial charge in [0.25, 0.3) is 0 Å². The van der Waals surface area contributed by atoms with E-state index in [1.165, 1.54) is 12.1 Å². The van der Waals surface area contributed by atoms with Crippen molar-refractivity contribution in [1.82, 2.24) is 4.90 Å². The Hall–Kier alpha value is -1.11. The zero-order valence-corrected chi connectivity index (χ0v) is 11.4. The van der Waals surface area contributed by atoms with E-state index < -0.39 is 17.8 Å². The van der Waals surface area contributed by atoms with Crippen LogP contribution >= 0.6 is 0 Å². The minimum absolute atomic E-state index is 0.0915. The molecular formula is C14H19F3N2O. The second-order valence-corrected chi connectivity index (χ2v) is 5.13. The standard InChI is InChI=1S/C14H19F3N2O/c1-10-8-19(6-7-20-10)9-13(18)11-4-2-3-5-12(11)14(15,16)17/h2-5,10,13H,6-9,18H2,1H3. The molecule has 1 aromatic rings. The zero-order valence-electron chi connectivity index (χ0n) is 11.4. The molecule has 1 fully saturated rings. The van der Waals surface area contributed by atoms with Gasteiger partial charge >= 0.3 is 6.18 Å². The Morgan fingerprint density at radius 3 is 2.75 bits per heavy atom. The molecule has 0 saturated carbocycles. The van der Waals surface area contributed by atoms with Gasteiger partial charge in [0, 0.05) is 25.7 Å². The highest BCUT2D eigenvalue weighted by atomic mass is 19.4. The van der Waals surface area contributed by atoms with Gasteiger partial charge in [0.15, 0.2) is 0 Å². The van der Waals surface area contributed by atoms with Crippen LogP contribution in [0.3, 0.4) is 0 Å². The van der Waals surface area contributed by atoms with Crippen LogP contribution < -0.4 is 5.73 Å². The van der Waals surface area contributed by atoms with Gasteiger partial charge in [0.1, 0.15) is 0 Å². The second kappa shape index (κ2) is 6.11. The highest BCUT2D eigenvalue weighted by Crippen LogP contribution is 2.34. The maximum Gasteiger partial charge on any atom is 0.416 e. The molecule has 0 bridgehead atoms. The number of rotatable bonds is 3. The number of benzene rings is 1. The molecule has 0 aliphatic carbocycles. The normalized spacial score (nSPS) is 22.8.